The predicted molar refractivity (Wildman–Crippen MR) is 128 cm³/mol. The number of ether oxygens (including phenoxy) is 1. The molecule has 32 heavy (non-hydrogen) atoms. The van der Waals surface area contributed by atoms with Crippen LogP contribution in [-0.4, -0.2) is 26.3 Å². The molecule has 3 aromatic carbocycles. The molecule has 1 aromatic heterocycles. The number of aromatic nitrogens is 1. The quantitative estimate of drug-likeness (QED) is 0.429. The van der Waals surface area contributed by atoms with Gasteiger partial charge in [0.05, 0.1) is 5.46 Å². The molecule has 0 radical (unpaired) electrons. The Morgan fingerprint density at radius 3 is 2.09 bits per heavy atom. The Bertz CT molecular complexity index is 1220. The van der Waals surface area contributed by atoms with Crippen LogP contribution in [0.2, 0.25) is 0 Å². The van der Waals surface area contributed by atoms with Crippen LogP contribution in [0.15, 0.2) is 95.9 Å². The molecule has 0 aliphatic carbocycles. The number of hydrogen-bond acceptors (Lipinski definition) is 4. The van der Waals surface area contributed by atoms with E-state index < -0.39 is 7.12 Å². The highest BCUT2D eigenvalue weighted by Crippen LogP contribution is 2.25. The van der Waals surface area contributed by atoms with Crippen molar-refractivity contribution in [2.75, 3.05) is 14.2 Å². The van der Waals surface area contributed by atoms with Crippen molar-refractivity contribution >= 4 is 12.6 Å². The fourth-order valence-electron chi connectivity index (χ4n) is 3.65. The van der Waals surface area contributed by atoms with Gasteiger partial charge < -0.3 is 19.0 Å². The maximum Gasteiger partial charge on any atom is 0.499 e. The standard InChI is InChI=1S/C26H24BNO4/c1-30-27(31-2)24-25(22-15-9-14-21(16-22)20-12-7-4-8-13-20)28-17-23(26(24)29)32-18-19-10-5-3-6-11-19/h3-17H,18H2,1-2H3,(H,28,29). The van der Waals surface area contributed by atoms with Crippen LogP contribution in [0.3, 0.4) is 0 Å². The summed E-state index contributed by atoms with van der Waals surface area (Å²) >= 11 is 0. The second-order valence-electron chi connectivity index (χ2n) is 7.30. The minimum Gasteiger partial charge on any atom is -0.483 e. The third kappa shape index (κ3) is 4.67. The van der Waals surface area contributed by atoms with E-state index in [-0.39, 0.29) is 17.8 Å². The Morgan fingerprint density at radius 2 is 1.41 bits per heavy atom. The van der Waals surface area contributed by atoms with Crippen LogP contribution in [-0.2, 0) is 15.9 Å². The van der Waals surface area contributed by atoms with Crippen LogP contribution in [0.4, 0.5) is 0 Å². The van der Waals surface area contributed by atoms with Crippen molar-refractivity contribution in [1.29, 1.82) is 0 Å². The second-order valence-corrected chi connectivity index (χ2v) is 7.30. The monoisotopic (exact) mass is 425 g/mol. The van der Waals surface area contributed by atoms with Gasteiger partial charge in [0.15, 0.2) is 5.75 Å². The summed E-state index contributed by atoms with van der Waals surface area (Å²) in [5.74, 6) is 0.214. The lowest BCUT2D eigenvalue weighted by atomic mass is 9.75. The SMILES string of the molecule is COB(OC)c1c(-c2cccc(-c3ccccc3)c2)[nH]cc(OCc2ccccc2)c1=O. The third-order valence-corrected chi connectivity index (χ3v) is 5.24. The minimum absolute atomic E-state index is 0.214. The summed E-state index contributed by atoms with van der Waals surface area (Å²) in [5.41, 5.74) is 4.70. The number of hydrogen-bond donors (Lipinski definition) is 1. The molecule has 0 aliphatic heterocycles. The summed E-state index contributed by atoms with van der Waals surface area (Å²) in [6, 6.07) is 27.8. The van der Waals surface area contributed by atoms with Gasteiger partial charge >= 0.3 is 7.12 Å². The van der Waals surface area contributed by atoms with E-state index in [1.165, 1.54) is 14.2 Å². The largest absolute Gasteiger partial charge is 0.499 e. The molecule has 4 aromatic rings. The number of benzene rings is 3. The summed E-state index contributed by atoms with van der Waals surface area (Å²) in [7, 11) is 2.18. The van der Waals surface area contributed by atoms with Crippen molar-refractivity contribution in [3.8, 4) is 28.1 Å². The van der Waals surface area contributed by atoms with Gasteiger partial charge in [0, 0.05) is 26.1 Å². The molecule has 0 saturated heterocycles. The Balaban J connectivity index is 1.75. The summed E-state index contributed by atoms with van der Waals surface area (Å²) in [5, 5.41) is 0. The Hall–Kier alpha value is -3.61. The molecule has 0 amide bonds. The highest BCUT2D eigenvalue weighted by atomic mass is 16.6. The average molecular weight is 425 g/mol. The molecular formula is C26H24BNO4. The van der Waals surface area contributed by atoms with Crippen LogP contribution < -0.4 is 15.6 Å². The number of H-pyrrole nitrogens is 1. The molecule has 4 rings (SSSR count). The smallest absolute Gasteiger partial charge is 0.483 e. The molecule has 1 N–H and O–H groups in total. The summed E-state index contributed by atoms with van der Waals surface area (Å²) < 4.78 is 16.8. The highest BCUT2D eigenvalue weighted by molar-refractivity contribution is 6.62. The normalized spacial score (nSPS) is 10.7. The zero-order valence-corrected chi connectivity index (χ0v) is 18.1. The van der Waals surface area contributed by atoms with E-state index in [1.54, 1.807) is 6.20 Å². The van der Waals surface area contributed by atoms with Crippen molar-refractivity contribution in [1.82, 2.24) is 4.98 Å². The molecule has 5 nitrogen and oxygen atoms in total. The molecule has 0 bridgehead atoms. The minimum atomic E-state index is -0.839. The zero-order valence-electron chi connectivity index (χ0n) is 18.1. The predicted octanol–water partition coefficient (Wildman–Crippen LogP) is 4.28. The first kappa shape index (κ1) is 21.6. The molecule has 0 unspecified atom stereocenters. The van der Waals surface area contributed by atoms with E-state index in [1.807, 2.05) is 72.8 Å². The Labute approximate surface area is 187 Å². The van der Waals surface area contributed by atoms with Crippen molar-refractivity contribution in [3.05, 3.63) is 107 Å². The Kier molecular flexibility index (Phi) is 6.85. The van der Waals surface area contributed by atoms with E-state index in [4.69, 9.17) is 14.0 Å². The van der Waals surface area contributed by atoms with Gasteiger partial charge in [-0.15, -0.1) is 0 Å². The molecule has 0 fully saturated rings. The van der Waals surface area contributed by atoms with Crippen LogP contribution in [0.5, 0.6) is 5.75 Å². The summed E-state index contributed by atoms with van der Waals surface area (Å²) in [4.78, 5) is 16.6. The average Bonchev–Trinajstić information content (AvgIpc) is 2.86. The molecule has 0 spiro atoms. The van der Waals surface area contributed by atoms with E-state index in [2.05, 4.69) is 17.1 Å². The lowest BCUT2D eigenvalue weighted by molar-refractivity contribution is 0.289. The van der Waals surface area contributed by atoms with Gasteiger partial charge in [0.25, 0.3) is 0 Å². The number of rotatable bonds is 8. The lowest BCUT2D eigenvalue weighted by Gasteiger charge is -2.16. The fourth-order valence-corrected chi connectivity index (χ4v) is 3.65. The van der Waals surface area contributed by atoms with Crippen LogP contribution in [0.1, 0.15) is 5.56 Å². The molecule has 1 heterocycles. The fraction of sp³-hybridized carbons (Fsp3) is 0.115. The van der Waals surface area contributed by atoms with Gasteiger partial charge in [0.1, 0.15) is 6.61 Å². The number of nitrogens with one attached hydrogen (secondary N) is 1. The molecule has 6 heteroatoms. The molecular weight excluding hydrogens is 401 g/mol. The highest BCUT2D eigenvalue weighted by Gasteiger charge is 2.28. The first-order valence-corrected chi connectivity index (χ1v) is 10.3. The summed E-state index contributed by atoms with van der Waals surface area (Å²) in [6.07, 6.45) is 1.60. The van der Waals surface area contributed by atoms with Crippen molar-refractivity contribution in [3.63, 3.8) is 0 Å². The lowest BCUT2D eigenvalue weighted by Crippen LogP contribution is -2.46. The zero-order chi connectivity index (χ0) is 22.3. The second kappa shape index (κ2) is 10.1. The number of aromatic amines is 1. The van der Waals surface area contributed by atoms with Crippen molar-refractivity contribution < 1.29 is 14.0 Å². The van der Waals surface area contributed by atoms with E-state index in [0.29, 0.717) is 11.2 Å². The van der Waals surface area contributed by atoms with E-state index in [9.17, 15) is 4.79 Å². The van der Waals surface area contributed by atoms with Gasteiger partial charge in [0.2, 0.25) is 5.43 Å². The molecule has 0 saturated carbocycles. The maximum atomic E-state index is 13.4. The van der Waals surface area contributed by atoms with Gasteiger partial charge in [-0.25, -0.2) is 0 Å². The van der Waals surface area contributed by atoms with E-state index in [0.717, 1.165) is 22.3 Å². The van der Waals surface area contributed by atoms with E-state index >= 15 is 0 Å². The van der Waals surface area contributed by atoms with Crippen molar-refractivity contribution in [2.24, 2.45) is 0 Å². The van der Waals surface area contributed by atoms with Gasteiger partial charge in [-0.1, -0.05) is 78.9 Å². The molecule has 160 valence electrons. The number of pyridine rings is 1. The van der Waals surface area contributed by atoms with Gasteiger partial charge in [-0.3, -0.25) is 4.79 Å². The van der Waals surface area contributed by atoms with Crippen LogP contribution >= 0.6 is 0 Å². The first-order chi connectivity index (χ1) is 15.7. The van der Waals surface area contributed by atoms with Crippen molar-refractivity contribution in [2.45, 2.75) is 6.61 Å². The third-order valence-electron chi connectivity index (χ3n) is 5.24. The Morgan fingerprint density at radius 1 is 0.781 bits per heavy atom. The topological polar surface area (TPSA) is 60.6 Å². The van der Waals surface area contributed by atoms with Crippen LogP contribution in [0, 0.1) is 0 Å². The van der Waals surface area contributed by atoms with Crippen LogP contribution in [0.25, 0.3) is 22.4 Å². The molecule has 0 atom stereocenters. The maximum absolute atomic E-state index is 13.4. The first-order valence-electron chi connectivity index (χ1n) is 10.3. The van der Waals surface area contributed by atoms with Gasteiger partial charge in [-0.05, 0) is 28.3 Å². The van der Waals surface area contributed by atoms with Gasteiger partial charge in [-0.2, -0.15) is 0 Å². The molecule has 0 aliphatic rings. The summed E-state index contributed by atoms with van der Waals surface area (Å²) in [6.45, 7) is 0.289.